The number of halogens is 2. The van der Waals surface area contributed by atoms with Crippen LogP contribution >= 0.6 is 23.8 Å². The van der Waals surface area contributed by atoms with Gasteiger partial charge in [0.05, 0.1) is 24.3 Å². The third-order valence-corrected chi connectivity index (χ3v) is 6.40. The Kier molecular flexibility index (Phi) is 8.15. The Hall–Kier alpha value is -3.82. The molecule has 3 aromatic rings. The predicted molar refractivity (Wildman–Crippen MR) is 143 cm³/mol. The maximum atomic E-state index is 13.5. The number of thiocarbonyl (C=S) groups is 1. The van der Waals surface area contributed by atoms with Crippen LogP contribution in [0.1, 0.15) is 29.3 Å². The molecule has 0 spiro atoms. The molecule has 0 radical (unpaired) electrons. The van der Waals surface area contributed by atoms with E-state index >= 15 is 0 Å². The number of ether oxygens (including phenoxy) is 1. The molecule has 7 nitrogen and oxygen atoms in total. The van der Waals surface area contributed by atoms with Crippen molar-refractivity contribution in [2.24, 2.45) is 0 Å². The zero-order valence-corrected chi connectivity index (χ0v) is 21.4. The highest BCUT2D eigenvalue weighted by Crippen LogP contribution is 2.29. The molecular weight excluding hydrogens is 517 g/mol. The highest BCUT2D eigenvalue weighted by atomic mass is 35.5. The summed E-state index contributed by atoms with van der Waals surface area (Å²) in [4.78, 5) is 41.3. The standard InChI is InChI=1S/C27H23ClFN3O4S/c1-2-36-26(35)18-5-11-21(12-6-18)30-24(33)15-23-25(34)32(22-13-9-20(29)10-14-22)27(37)31(23)16-17-3-7-19(28)8-4-17/h3-14,23H,2,15-16H2,1H3,(H,30,33)/t23-/m0/s1. The molecule has 3 aromatic carbocycles. The highest BCUT2D eigenvalue weighted by Gasteiger charge is 2.44. The normalized spacial score (nSPS) is 15.2. The van der Waals surface area contributed by atoms with E-state index in [-0.39, 0.29) is 24.7 Å². The van der Waals surface area contributed by atoms with Crippen LogP contribution in [0.25, 0.3) is 0 Å². The predicted octanol–water partition coefficient (Wildman–Crippen LogP) is 5.19. The average Bonchev–Trinajstić information content (AvgIpc) is 3.10. The van der Waals surface area contributed by atoms with E-state index in [1.165, 1.54) is 29.2 Å². The van der Waals surface area contributed by atoms with Gasteiger partial charge < -0.3 is 15.0 Å². The van der Waals surface area contributed by atoms with Gasteiger partial charge in [0.2, 0.25) is 5.91 Å². The molecule has 0 aliphatic carbocycles. The van der Waals surface area contributed by atoms with Gasteiger partial charge in [-0.15, -0.1) is 0 Å². The molecule has 1 aliphatic heterocycles. The van der Waals surface area contributed by atoms with Crippen LogP contribution in [0.3, 0.4) is 0 Å². The summed E-state index contributed by atoms with van der Waals surface area (Å²) in [6.45, 7) is 2.25. The molecule has 0 aromatic heterocycles. The van der Waals surface area contributed by atoms with Crippen molar-refractivity contribution in [3.8, 4) is 0 Å². The Morgan fingerprint density at radius 2 is 1.68 bits per heavy atom. The Balaban J connectivity index is 1.54. The lowest BCUT2D eigenvalue weighted by atomic mass is 10.1. The van der Waals surface area contributed by atoms with E-state index < -0.39 is 29.6 Å². The minimum absolute atomic E-state index is 0.177. The van der Waals surface area contributed by atoms with E-state index in [0.29, 0.717) is 22.0 Å². The van der Waals surface area contributed by atoms with E-state index in [1.54, 1.807) is 48.2 Å². The van der Waals surface area contributed by atoms with Crippen LogP contribution in [0.4, 0.5) is 15.8 Å². The van der Waals surface area contributed by atoms with Gasteiger partial charge in [-0.25, -0.2) is 9.18 Å². The number of hydrogen-bond acceptors (Lipinski definition) is 5. The quantitative estimate of drug-likeness (QED) is 0.314. The van der Waals surface area contributed by atoms with Gasteiger partial charge in [-0.2, -0.15) is 0 Å². The third-order valence-electron chi connectivity index (χ3n) is 5.73. The van der Waals surface area contributed by atoms with Crippen LogP contribution in [0.15, 0.2) is 72.8 Å². The largest absolute Gasteiger partial charge is 0.462 e. The maximum absolute atomic E-state index is 13.5. The van der Waals surface area contributed by atoms with Crippen molar-refractivity contribution in [3.63, 3.8) is 0 Å². The molecule has 1 atom stereocenters. The summed E-state index contributed by atoms with van der Waals surface area (Å²) < 4.78 is 18.5. The van der Waals surface area contributed by atoms with E-state index in [1.807, 2.05) is 12.1 Å². The SMILES string of the molecule is CCOC(=O)c1ccc(NC(=O)C[C@H]2C(=O)N(c3ccc(F)cc3)C(=S)N2Cc2ccc(Cl)cc2)cc1. The Morgan fingerprint density at radius 3 is 2.30 bits per heavy atom. The van der Waals surface area contributed by atoms with Crippen LogP contribution in [0.2, 0.25) is 5.02 Å². The first-order valence-electron chi connectivity index (χ1n) is 11.5. The van der Waals surface area contributed by atoms with Crippen molar-refractivity contribution in [2.75, 3.05) is 16.8 Å². The summed E-state index contributed by atoms with van der Waals surface area (Å²) >= 11 is 11.6. The van der Waals surface area contributed by atoms with Crippen LogP contribution in [0, 0.1) is 5.82 Å². The number of anilines is 2. The Bertz CT molecular complexity index is 1320. The second-order valence-corrected chi connectivity index (χ2v) is 9.05. The lowest BCUT2D eigenvalue weighted by Gasteiger charge is -2.24. The van der Waals surface area contributed by atoms with Gasteiger partial charge >= 0.3 is 5.97 Å². The van der Waals surface area contributed by atoms with Crippen LogP contribution in [-0.2, 0) is 20.9 Å². The topological polar surface area (TPSA) is 78.9 Å². The number of carbonyl (C=O) groups excluding carboxylic acids is 3. The second kappa shape index (κ2) is 11.5. The third kappa shape index (κ3) is 6.12. The van der Waals surface area contributed by atoms with Crippen LogP contribution < -0.4 is 10.2 Å². The number of carbonyl (C=O) groups is 3. The zero-order valence-electron chi connectivity index (χ0n) is 19.8. The van der Waals surface area contributed by atoms with Crippen molar-refractivity contribution in [2.45, 2.75) is 25.9 Å². The van der Waals surface area contributed by atoms with E-state index in [0.717, 1.165) is 5.56 Å². The van der Waals surface area contributed by atoms with Gasteiger partial charge in [0.25, 0.3) is 5.91 Å². The molecule has 1 aliphatic rings. The van der Waals surface area contributed by atoms with Gasteiger partial charge in [-0.3, -0.25) is 14.5 Å². The number of nitrogens with one attached hydrogen (secondary N) is 1. The number of amides is 2. The molecule has 1 fully saturated rings. The molecule has 190 valence electrons. The number of nitrogens with zero attached hydrogens (tertiary/aromatic N) is 2. The summed E-state index contributed by atoms with van der Waals surface area (Å²) in [6, 6.07) is 17.9. The van der Waals surface area contributed by atoms with Crippen molar-refractivity contribution >= 4 is 58.1 Å². The number of hydrogen-bond donors (Lipinski definition) is 1. The van der Waals surface area contributed by atoms with Crippen LogP contribution in [0.5, 0.6) is 0 Å². The monoisotopic (exact) mass is 539 g/mol. The lowest BCUT2D eigenvalue weighted by Crippen LogP contribution is -2.37. The first-order chi connectivity index (χ1) is 17.8. The van der Waals surface area contributed by atoms with Crippen molar-refractivity contribution in [1.29, 1.82) is 0 Å². The molecule has 1 heterocycles. The minimum atomic E-state index is -0.882. The molecular formula is C27H23ClFN3O4S. The minimum Gasteiger partial charge on any atom is -0.462 e. The second-order valence-electron chi connectivity index (χ2n) is 8.25. The molecule has 10 heteroatoms. The number of benzene rings is 3. The van der Waals surface area contributed by atoms with Gasteiger partial charge in [-0.1, -0.05) is 23.7 Å². The van der Waals surface area contributed by atoms with Gasteiger partial charge in [0.1, 0.15) is 11.9 Å². The molecule has 2 amide bonds. The Morgan fingerprint density at radius 1 is 1.03 bits per heavy atom. The molecule has 0 saturated carbocycles. The van der Waals surface area contributed by atoms with Crippen molar-refractivity contribution in [1.82, 2.24) is 4.90 Å². The van der Waals surface area contributed by atoms with Crippen molar-refractivity contribution < 1.29 is 23.5 Å². The maximum Gasteiger partial charge on any atom is 0.338 e. The fourth-order valence-electron chi connectivity index (χ4n) is 3.92. The first-order valence-corrected chi connectivity index (χ1v) is 12.3. The van der Waals surface area contributed by atoms with Crippen molar-refractivity contribution in [3.05, 3.63) is 94.8 Å². The van der Waals surface area contributed by atoms with Gasteiger partial charge in [0.15, 0.2) is 5.11 Å². The lowest BCUT2D eigenvalue weighted by molar-refractivity contribution is -0.124. The van der Waals surface area contributed by atoms with E-state index in [2.05, 4.69) is 5.32 Å². The molecule has 4 rings (SSSR count). The first kappa shape index (κ1) is 26.2. The van der Waals surface area contributed by atoms with Crippen LogP contribution in [-0.4, -0.2) is 40.4 Å². The summed E-state index contributed by atoms with van der Waals surface area (Å²) in [5, 5.41) is 3.54. The highest BCUT2D eigenvalue weighted by molar-refractivity contribution is 7.80. The average molecular weight is 540 g/mol. The fourth-order valence-corrected chi connectivity index (χ4v) is 4.43. The summed E-state index contributed by atoms with van der Waals surface area (Å²) in [7, 11) is 0. The smallest absolute Gasteiger partial charge is 0.338 e. The molecule has 1 N–H and O–H groups in total. The fraction of sp³-hybridized carbons (Fsp3) is 0.185. The molecule has 0 unspecified atom stereocenters. The summed E-state index contributed by atoms with van der Waals surface area (Å²) in [6.07, 6.45) is -0.177. The molecule has 37 heavy (non-hydrogen) atoms. The van der Waals surface area contributed by atoms with Gasteiger partial charge in [-0.05, 0) is 85.4 Å². The summed E-state index contributed by atoms with van der Waals surface area (Å²) in [5.74, 6) is -1.70. The Labute approximate surface area is 223 Å². The van der Waals surface area contributed by atoms with E-state index in [4.69, 9.17) is 28.6 Å². The zero-order chi connectivity index (χ0) is 26.5. The number of rotatable bonds is 8. The number of esters is 1. The van der Waals surface area contributed by atoms with Gasteiger partial charge in [0, 0.05) is 17.3 Å². The van der Waals surface area contributed by atoms with E-state index in [9.17, 15) is 18.8 Å². The molecule has 0 bridgehead atoms. The summed E-state index contributed by atoms with van der Waals surface area (Å²) in [5.41, 5.74) is 2.08. The molecule has 1 saturated heterocycles.